The van der Waals surface area contributed by atoms with Gasteiger partial charge in [0.05, 0.1) is 15.8 Å². The van der Waals surface area contributed by atoms with Gasteiger partial charge in [0.1, 0.15) is 5.54 Å². The number of nitrogens with one attached hydrogen (secondary N) is 1. The molecular formula is C23H27ClN2O3S. The normalized spacial score (nSPS) is 24.3. The summed E-state index contributed by atoms with van der Waals surface area (Å²) in [6.07, 6.45) is 1.80. The van der Waals surface area contributed by atoms with Crippen LogP contribution in [0.1, 0.15) is 45.6 Å². The van der Waals surface area contributed by atoms with E-state index >= 15 is 0 Å². The summed E-state index contributed by atoms with van der Waals surface area (Å²) >= 11 is 7.17. The Morgan fingerprint density at radius 2 is 2.17 bits per heavy atom. The van der Waals surface area contributed by atoms with Gasteiger partial charge in [-0.05, 0) is 48.2 Å². The Labute approximate surface area is 186 Å². The molecule has 0 radical (unpaired) electrons. The first-order valence-corrected chi connectivity index (χ1v) is 11.5. The van der Waals surface area contributed by atoms with Crippen LogP contribution in [0.5, 0.6) is 0 Å². The number of halogens is 1. The van der Waals surface area contributed by atoms with E-state index in [1.807, 2.05) is 0 Å². The van der Waals surface area contributed by atoms with E-state index in [4.69, 9.17) is 16.3 Å². The number of fused-ring (bicyclic) bond motifs is 1. The Hall–Kier alpha value is -1.73. The van der Waals surface area contributed by atoms with Gasteiger partial charge in [-0.3, -0.25) is 9.59 Å². The Balaban J connectivity index is 1.52. The first-order valence-electron chi connectivity index (χ1n) is 10.4. The van der Waals surface area contributed by atoms with Crippen LogP contribution in [0.25, 0.3) is 0 Å². The van der Waals surface area contributed by atoms with Gasteiger partial charge >= 0.3 is 0 Å². The highest BCUT2D eigenvalue weighted by atomic mass is 35.5. The molecular weight excluding hydrogens is 420 g/mol. The van der Waals surface area contributed by atoms with Gasteiger partial charge in [0.25, 0.3) is 5.91 Å². The smallest absolute Gasteiger partial charge is 0.262 e. The standard InChI is InChI=1S/C23H27ClN2O3S/c1-15-13-26(2)9-7-17-4-3-16(11-18(15)17)12-20(27)23(8-10-29-14-23)25-22(28)19-5-6-21(24)30-19/h3-6,11,15H,7-10,12-14H2,1-2H3,(H,25,28). The zero-order valence-corrected chi connectivity index (χ0v) is 18.9. The van der Waals surface area contributed by atoms with Gasteiger partial charge in [0.15, 0.2) is 5.78 Å². The molecule has 2 unspecified atom stereocenters. The van der Waals surface area contributed by atoms with E-state index < -0.39 is 5.54 Å². The third-order valence-electron chi connectivity index (χ3n) is 6.16. The molecule has 1 saturated heterocycles. The molecule has 7 heteroatoms. The first kappa shape index (κ1) is 21.5. The fourth-order valence-electron chi connectivity index (χ4n) is 4.43. The van der Waals surface area contributed by atoms with Crippen molar-refractivity contribution >= 4 is 34.6 Å². The van der Waals surface area contributed by atoms with Crippen molar-refractivity contribution in [2.75, 3.05) is 33.4 Å². The number of benzene rings is 1. The monoisotopic (exact) mass is 446 g/mol. The highest BCUT2D eigenvalue weighted by molar-refractivity contribution is 7.18. The molecule has 0 aliphatic carbocycles. The van der Waals surface area contributed by atoms with E-state index in [0.29, 0.717) is 28.2 Å². The molecule has 2 atom stereocenters. The summed E-state index contributed by atoms with van der Waals surface area (Å²) in [5.41, 5.74) is 2.71. The van der Waals surface area contributed by atoms with Gasteiger partial charge in [-0.2, -0.15) is 0 Å². The van der Waals surface area contributed by atoms with Crippen LogP contribution in [0.15, 0.2) is 30.3 Å². The van der Waals surface area contributed by atoms with Crippen LogP contribution in [0.2, 0.25) is 4.34 Å². The van der Waals surface area contributed by atoms with Crippen molar-refractivity contribution in [2.45, 2.75) is 37.6 Å². The lowest BCUT2D eigenvalue weighted by molar-refractivity contribution is -0.124. The maximum absolute atomic E-state index is 13.4. The summed E-state index contributed by atoms with van der Waals surface area (Å²) in [6.45, 7) is 4.98. The summed E-state index contributed by atoms with van der Waals surface area (Å²) < 4.78 is 6.08. The van der Waals surface area contributed by atoms with E-state index in [0.717, 1.165) is 25.1 Å². The molecule has 1 aromatic carbocycles. The van der Waals surface area contributed by atoms with Crippen molar-refractivity contribution in [3.8, 4) is 0 Å². The molecule has 4 rings (SSSR count). The summed E-state index contributed by atoms with van der Waals surface area (Å²) in [4.78, 5) is 28.9. The lowest BCUT2D eigenvalue weighted by Crippen LogP contribution is -2.55. The highest BCUT2D eigenvalue weighted by Crippen LogP contribution is 2.29. The van der Waals surface area contributed by atoms with Crippen molar-refractivity contribution in [3.63, 3.8) is 0 Å². The predicted molar refractivity (Wildman–Crippen MR) is 120 cm³/mol. The van der Waals surface area contributed by atoms with Crippen LogP contribution < -0.4 is 5.32 Å². The minimum Gasteiger partial charge on any atom is -0.378 e. The minimum atomic E-state index is -0.980. The number of Topliss-reactive ketones (excluding diaryl/α,β-unsaturated/α-hetero) is 1. The Kier molecular flexibility index (Phi) is 6.30. The fourth-order valence-corrected chi connectivity index (χ4v) is 5.37. The average Bonchev–Trinajstić information content (AvgIpc) is 3.33. The zero-order valence-electron chi connectivity index (χ0n) is 17.4. The second-order valence-corrected chi connectivity index (χ2v) is 10.2. The van der Waals surface area contributed by atoms with E-state index in [2.05, 4.69) is 42.4 Å². The number of carbonyl (C=O) groups excluding carboxylic acids is 2. The van der Waals surface area contributed by atoms with Crippen molar-refractivity contribution in [1.29, 1.82) is 0 Å². The molecule has 1 amide bonds. The van der Waals surface area contributed by atoms with Crippen molar-refractivity contribution < 1.29 is 14.3 Å². The lowest BCUT2D eigenvalue weighted by atomic mass is 9.86. The molecule has 2 aromatic rings. The second-order valence-electron chi connectivity index (χ2n) is 8.49. The summed E-state index contributed by atoms with van der Waals surface area (Å²) in [5.74, 6) is 0.147. The molecule has 5 nitrogen and oxygen atoms in total. The molecule has 1 N–H and O–H groups in total. The van der Waals surface area contributed by atoms with E-state index in [9.17, 15) is 9.59 Å². The third kappa shape index (κ3) is 4.47. The zero-order chi connectivity index (χ0) is 21.3. The largest absolute Gasteiger partial charge is 0.378 e. The highest BCUT2D eigenvalue weighted by Gasteiger charge is 2.43. The molecule has 1 fully saturated rings. The van der Waals surface area contributed by atoms with Crippen molar-refractivity contribution in [1.82, 2.24) is 10.2 Å². The van der Waals surface area contributed by atoms with Crippen LogP contribution in [-0.2, 0) is 22.4 Å². The first-order chi connectivity index (χ1) is 14.4. The van der Waals surface area contributed by atoms with E-state index in [1.165, 1.54) is 22.5 Å². The maximum atomic E-state index is 13.4. The summed E-state index contributed by atoms with van der Waals surface area (Å²) in [7, 11) is 2.15. The van der Waals surface area contributed by atoms with Gasteiger partial charge in [0.2, 0.25) is 0 Å². The van der Waals surface area contributed by atoms with Crippen LogP contribution in [0, 0.1) is 0 Å². The number of nitrogens with zero attached hydrogens (tertiary/aromatic N) is 1. The number of hydrogen-bond donors (Lipinski definition) is 1. The van der Waals surface area contributed by atoms with Gasteiger partial charge in [-0.25, -0.2) is 0 Å². The lowest BCUT2D eigenvalue weighted by Gasteiger charge is -2.27. The van der Waals surface area contributed by atoms with Crippen LogP contribution in [0.4, 0.5) is 0 Å². The molecule has 30 heavy (non-hydrogen) atoms. The maximum Gasteiger partial charge on any atom is 0.262 e. The van der Waals surface area contributed by atoms with Gasteiger partial charge < -0.3 is 15.0 Å². The number of hydrogen-bond acceptors (Lipinski definition) is 5. The Morgan fingerprint density at radius 1 is 1.33 bits per heavy atom. The van der Waals surface area contributed by atoms with Crippen LogP contribution in [0.3, 0.4) is 0 Å². The molecule has 0 spiro atoms. The number of carbonyl (C=O) groups is 2. The molecule has 0 saturated carbocycles. The van der Waals surface area contributed by atoms with E-state index in [-0.39, 0.29) is 24.7 Å². The Morgan fingerprint density at radius 3 is 2.87 bits per heavy atom. The second kappa shape index (κ2) is 8.79. The number of ketones is 1. The number of rotatable bonds is 5. The topological polar surface area (TPSA) is 58.6 Å². The van der Waals surface area contributed by atoms with Crippen LogP contribution in [-0.4, -0.2) is 55.5 Å². The SMILES string of the molecule is CC1CN(C)CCc2ccc(CC(=O)C3(NC(=O)c4ccc(Cl)s4)CCOC3)cc21. The molecule has 2 aliphatic rings. The molecule has 3 heterocycles. The molecule has 1 aromatic heterocycles. The van der Waals surface area contributed by atoms with Gasteiger partial charge in [0, 0.05) is 32.5 Å². The average molecular weight is 447 g/mol. The number of amides is 1. The van der Waals surface area contributed by atoms with Crippen molar-refractivity contribution in [2.24, 2.45) is 0 Å². The summed E-state index contributed by atoms with van der Waals surface area (Å²) in [6, 6.07) is 9.77. The minimum absolute atomic E-state index is 0.00524. The number of thiophene rings is 1. The predicted octanol–water partition coefficient (Wildman–Crippen LogP) is 3.69. The molecule has 160 valence electrons. The molecule has 2 aliphatic heterocycles. The van der Waals surface area contributed by atoms with Gasteiger partial charge in [-0.15, -0.1) is 11.3 Å². The number of ether oxygens (including phenoxy) is 1. The number of likely N-dealkylation sites (N-methyl/N-ethyl adjacent to an activating group) is 1. The Bertz CT molecular complexity index is 952. The van der Waals surface area contributed by atoms with E-state index in [1.54, 1.807) is 12.1 Å². The quantitative estimate of drug-likeness (QED) is 0.760. The van der Waals surface area contributed by atoms with Crippen LogP contribution >= 0.6 is 22.9 Å². The summed E-state index contributed by atoms with van der Waals surface area (Å²) in [5, 5.41) is 2.96. The molecule has 0 bridgehead atoms. The van der Waals surface area contributed by atoms with Gasteiger partial charge in [-0.1, -0.05) is 36.7 Å². The third-order valence-corrected chi connectivity index (χ3v) is 7.39. The van der Waals surface area contributed by atoms with Crippen molar-refractivity contribution in [3.05, 3.63) is 56.2 Å². The fraction of sp³-hybridized carbons (Fsp3) is 0.478.